The van der Waals surface area contributed by atoms with Crippen molar-refractivity contribution in [3.63, 3.8) is 0 Å². The van der Waals surface area contributed by atoms with Gasteiger partial charge in [0.15, 0.2) is 5.84 Å². The average molecular weight is 237 g/mol. The van der Waals surface area contributed by atoms with E-state index in [1.165, 1.54) is 0 Å². The largest absolute Gasteiger partial charge is 0.409 e. The third-order valence-corrected chi connectivity index (χ3v) is 2.66. The number of β-amino-alcohol motifs (C(OH)–C–C–N with tert-alkyl or cyclic N) is 1. The van der Waals surface area contributed by atoms with Crippen molar-refractivity contribution < 1.29 is 10.3 Å². The first-order chi connectivity index (χ1) is 8.10. The Labute approximate surface area is 98.6 Å². The van der Waals surface area contributed by atoms with Gasteiger partial charge in [0.2, 0.25) is 5.95 Å². The fourth-order valence-electron chi connectivity index (χ4n) is 1.80. The van der Waals surface area contributed by atoms with Crippen molar-refractivity contribution >= 4 is 11.8 Å². The molecule has 0 spiro atoms. The van der Waals surface area contributed by atoms with E-state index in [9.17, 15) is 5.11 Å². The molecule has 1 unspecified atom stereocenters. The number of nitrogens with zero attached hydrogens (tertiary/aromatic N) is 4. The highest BCUT2D eigenvalue weighted by atomic mass is 16.4. The van der Waals surface area contributed by atoms with Crippen molar-refractivity contribution in [1.82, 2.24) is 9.97 Å². The van der Waals surface area contributed by atoms with Crippen LogP contribution >= 0.6 is 0 Å². The fourth-order valence-corrected chi connectivity index (χ4v) is 1.80. The quantitative estimate of drug-likeness (QED) is 0.276. The molecule has 1 aliphatic rings. The smallest absolute Gasteiger partial charge is 0.226 e. The lowest BCUT2D eigenvalue weighted by Crippen LogP contribution is -2.25. The molecular weight excluding hydrogens is 222 g/mol. The second-order valence-corrected chi connectivity index (χ2v) is 4.07. The first-order valence-electron chi connectivity index (χ1n) is 5.36. The molecular formula is C10H15N5O2. The van der Waals surface area contributed by atoms with Crippen molar-refractivity contribution in [2.75, 3.05) is 18.0 Å². The van der Waals surface area contributed by atoms with Crippen LogP contribution in [0, 0.1) is 6.92 Å². The maximum absolute atomic E-state index is 9.47. The maximum Gasteiger partial charge on any atom is 0.226 e. The summed E-state index contributed by atoms with van der Waals surface area (Å²) < 4.78 is 0. The maximum atomic E-state index is 9.47. The molecule has 1 fully saturated rings. The Morgan fingerprint density at radius 3 is 2.94 bits per heavy atom. The monoisotopic (exact) mass is 237 g/mol. The summed E-state index contributed by atoms with van der Waals surface area (Å²) in [5.41, 5.74) is 6.62. The van der Waals surface area contributed by atoms with E-state index in [0.29, 0.717) is 31.2 Å². The lowest BCUT2D eigenvalue weighted by Gasteiger charge is -2.16. The number of hydrogen-bond acceptors (Lipinski definition) is 6. The second-order valence-electron chi connectivity index (χ2n) is 4.07. The van der Waals surface area contributed by atoms with Gasteiger partial charge in [-0.25, -0.2) is 9.97 Å². The molecule has 1 saturated heterocycles. The Morgan fingerprint density at radius 2 is 2.35 bits per heavy atom. The molecule has 1 aromatic rings. The number of rotatable bonds is 2. The Morgan fingerprint density at radius 1 is 1.59 bits per heavy atom. The van der Waals surface area contributed by atoms with Gasteiger partial charge in [-0.3, -0.25) is 0 Å². The van der Waals surface area contributed by atoms with Crippen LogP contribution in [0.25, 0.3) is 0 Å². The normalized spacial score (nSPS) is 20.9. The van der Waals surface area contributed by atoms with Gasteiger partial charge in [-0.2, -0.15) is 0 Å². The number of aliphatic hydroxyl groups excluding tert-OH is 1. The number of oxime groups is 1. The van der Waals surface area contributed by atoms with Gasteiger partial charge in [-0.05, 0) is 19.4 Å². The van der Waals surface area contributed by atoms with E-state index in [2.05, 4.69) is 15.1 Å². The van der Waals surface area contributed by atoms with Gasteiger partial charge in [0.05, 0.1) is 6.10 Å². The number of anilines is 1. The summed E-state index contributed by atoms with van der Waals surface area (Å²) in [5.74, 6) is 0.458. The zero-order valence-electron chi connectivity index (χ0n) is 9.54. The molecule has 2 rings (SSSR count). The van der Waals surface area contributed by atoms with Crippen molar-refractivity contribution in [1.29, 1.82) is 0 Å². The second kappa shape index (κ2) is 4.54. The third kappa shape index (κ3) is 2.44. The average Bonchev–Trinajstić information content (AvgIpc) is 2.74. The van der Waals surface area contributed by atoms with Crippen LogP contribution in [0.15, 0.2) is 11.2 Å². The highest BCUT2D eigenvalue weighted by Gasteiger charge is 2.23. The first kappa shape index (κ1) is 11.6. The predicted molar refractivity (Wildman–Crippen MR) is 62.1 cm³/mol. The van der Waals surface area contributed by atoms with Crippen LogP contribution in [0.2, 0.25) is 0 Å². The minimum Gasteiger partial charge on any atom is -0.409 e. The van der Waals surface area contributed by atoms with Gasteiger partial charge in [-0.1, -0.05) is 5.16 Å². The van der Waals surface area contributed by atoms with Gasteiger partial charge >= 0.3 is 0 Å². The standard InChI is InChI=1S/C10H15N5O2/c1-6-4-8(9(11)14-17)13-10(12-6)15-3-2-7(16)5-15/h4,7,16-17H,2-3,5H2,1H3,(H2,11,14). The van der Waals surface area contributed by atoms with E-state index >= 15 is 0 Å². The number of amidine groups is 1. The highest BCUT2D eigenvalue weighted by Crippen LogP contribution is 2.17. The first-order valence-corrected chi connectivity index (χ1v) is 5.36. The van der Waals surface area contributed by atoms with E-state index in [1.54, 1.807) is 6.07 Å². The summed E-state index contributed by atoms with van der Waals surface area (Å²) in [6.07, 6.45) is 0.363. The lowest BCUT2D eigenvalue weighted by molar-refractivity contribution is 0.198. The fraction of sp³-hybridized carbons (Fsp3) is 0.500. The van der Waals surface area contributed by atoms with Crippen LogP contribution in [0.5, 0.6) is 0 Å². The molecule has 17 heavy (non-hydrogen) atoms. The van der Waals surface area contributed by atoms with E-state index < -0.39 is 0 Å². The van der Waals surface area contributed by atoms with Gasteiger partial charge in [-0.15, -0.1) is 0 Å². The molecule has 0 aromatic carbocycles. The van der Waals surface area contributed by atoms with Crippen molar-refractivity contribution in [3.05, 3.63) is 17.5 Å². The summed E-state index contributed by atoms with van der Waals surface area (Å²) >= 11 is 0. The van der Waals surface area contributed by atoms with E-state index in [0.717, 1.165) is 5.69 Å². The minimum atomic E-state index is -0.341. The Hall–Kier alpha value is -1.89. The zero-order valence-corrected chi connectivity index (χ0v) is 9.54. The molecule has 1 aromatic heterocycles. The van der Waals surface area contributed by atoms with Gasteiger partial charge < -0.3 is 20.9 Å². The molecule has 4 N–H and O–H groups in total. The molecule has 92 valence electrons. The number of nitrogens with two attached hydrogens (primary N) is 1. The number of aryl methyl sites for hydroxylation is 1. The van der Waals surface area contributed by atoms with Crippen LogP contribution in [0.1, 0.15) is 17.8 Å². The molecule has 0 aliphatic carbocycles. The molecule has 7 heteroatoms. The molecule has 1 atom stereocenters. The summed E-state index contributed by atoms with van der Waals surface area (Å²) in [6, 6.07) is 1.64. The van der Waals surface area contributed by atoms with Crippen molar-refractivity contribution in [3.8, 4) is 0 Å². The molecule has 1 aliphatic heterocycles. The van der Waals surface area contributed by atoms with Crippen molar-refractivity contribution in [2.24, 2.45) is 10.9 Å². The topological polar surface area (TPSA) is 108 Å². The third-order valence-electron chi connectivity index (χ3n) is 2.66. The Balaban J connectivity index is 2.32. The van der Waals surface area contributed by atoms with Crippen LogP contribution in [-0.2, 0) is 0 Å². The van der Waals surface area contributed by atoms with Gasteiger partial charge in [0.1, 0.15) is 5.69 Å². The molecule has 0 saturated carbocycles. The number of aromatic nitrogens is 2. The van der Waals surface area contributed by atoms with Gasteiger partial charge in [0, 0.05) is 18.8 Å². The molecule has 2 heterocycles. The van der Waals surface area contributed by atoms with E-state index in [1.807, 2.05) is 11.8 Å². The van der Waals surface area contributed by atoms with Gasteiger partial charge in [0.25, 0.3) is 0 Å². The molecule has 7 nitrogen and oxygen atoms in total. The molecule has 0 radical (unpaired) electrons. The summed E-state index contributed by atoms with van der Waals surface area (Å²) in [5, 5.41) is 21.0. The Bertz CT molecular complexity index is 448. The summed E-state index contributed by atoms with van der Waals surface area (Å²) in [6.45, 7) is 3.03. The molecule has 0 amide bonds. The van der Waals surface area contributed by atoms with Crippen LogP contribution in [0.3, 0.4) is 0 Å². The van der Waals surface area contributed by atoms with E-state index in [-0.39, 0.29) is 11.9 Å². The van der Waals surface area contributed by atoms with Crippen LogP contribution in [0.4, 0.5) is 5.95 Å². The van der Waals surface area contributed by atoms with Crippen LogP contribution < -0.4 is 10.6 Å². The highest BCUT2D eigenvalue weighted by molar-refractivity contribution is 5.95. The molecule has 0 bridgehead atoms. The van der Waals surface area contributed by atoms with Crippen LogP contribution in [-0.4, -0.2) is 45.3 Å². The zero-order chi connectivity index (χ0) is 12.4. The van der Waals surface area contributed by atoms with E-state index in [4.69, 9.17) is 10.9 Å². The Kier molecular flexibility index (Phi) is 3.10. The lowest BCUT2D eigenvalue weighted by atomic mass is 10.3. The minimum absolute atomic E-state index is 0.0449. The summed E-state index contributed by atoms with van der Waals surface area (Å²) in [7, 11) is 0. The summed E-state index contributed by atoms with van der Waals surface area (Å²) in [4.78, 5) is 10.4. The SMILES string of the molecule is Cc1cc(/C(N)=N/O)nc(N2CCC(O)C2)n1. The predicted octanol–water partition coefficient (Wildman–Crippen LogP) is -0.549. The van der Waals surface area contributed by atoms with Crippen molar-refractivity contribution in [2.45, 2.75) is 19.4 Å². The number of hydrogen-bond donors (Lipinski definition) is 3. The number of aliphatic hydroxyl groups is 1.